The summed E-state index contributed by atoms with van der Waals surface area (Å²) in [5, 5.41) is 12.0. The van der Waals surface area contributed by atoms with Crippen LogP contribution in [0.5, 0.6) is 0 Å². The van der Waals surface area contributed by atoms with Crippen molar-refractivity contribution >= 4 is 21.4 Å². The Morgan fingerprint density at radius 1 is 1.38 bits per heavy atom. The van der Waals surface area contributed by atoms with Gasteiger partial charge in [-0.1, -0.05) is 6.42 Å². The average Bonchev–Trinajstić information content (AvgIpc) is 3.00. The highest BCUT2D eigenvalue weighted by molar-refractivity contribution is 7.89. The summed E-state index contributed by atoms with van der Waals surface area (Å²) in [6.45, 7) is 0.281. The molecule has 2 heterocycles. The molecule has 4 nitrogen and oxygen atoms in total. The fourth-order valence-electron chi connectivity index (χ4n) is 3.62. The first-order chi connectivity index (χ1) is 9.96. The van der Waals surface area contributed by atoms with Crippen molar-refractivity contribution in [2.24, 2.45) is 11.8 Å². The molecule has 2 aliphatic rings. The van der Waals surface area contributed by atoms with Gasteiger partial charge in [-0.3, -0.25) is 0 Å². The molecule has 0 spiro atoms. The van der Waals surface area contributed by atoms with Crippen LogP contribution in [0.4, 0.5) is 8.78 Å². The Hall–Kier alpha value is -0.570. The molecule has 1 aliphatic carbocycles. The number of aliphatic hydroxyl groups is 1. The number of aliphatic hydroxyl groups excluding tert-OH is 1. The molecule has 3 atom stereocenters. The standard InChI is InChI=1S/C13H17F2NO3S2/c14-13(15)10-6-20-7-12(10)21(18,19)16-4-8-2-1-3-11(16)9(8)5-17/h6-9,11,13,17H,1-5H2. The second kappa shape index (κ2) is 5.57. The zero-order valence-corrected chi connectivity index (χ0v) is 12.9. The number of halogens is 2. The van der Waals surface area contributed by atoms with Gasteiger partial charge >= 0.3 is 0 Å². The molecule has 1 saturated carbocycles. The van der Waals surface area contributed by atoms with Crippen molar-refractivity contribution in [1.29, 1.82) is 0 Å². The van der Waals surface area contributed by atoms with Crippen LogP contribution in [0.3, 0.4) is 0 Å². The van der Waals surface area contributed by atoms with E-state index in [1.165, 1.54) is 15.1 Å². The minimum Gasteiger partial charge on any atom is -0.396 e. The Balaban J connectivity index is 1.97. The fraction of sp³-hybridized carbons (Fsp3) is 0.692. The monoisotopic (exact) mass is 337 g/mol. The van der Waals surface area contributed by atoms with E-state index >= 15 is 0 Å². The lowest BCUT2D eigenvalue weighted by atomic mass is 9.80. The molecule has 118 valence electrons. The number of rotatable bonds is 4. The van der Waals surface area contributed by atoms with Crippen molar-refractivity contribution < 1.29 is 22.3 Å². The third-order valence-corrected chi connectivity index (χ3v) is 7.50. The molecule has 1 saturated heterocycles. The van der Waals surface area contributed by atoms with Crippen molar-refractivity contribution in [2.45, 2.75) is 36.6 Å². The number of hydrogen-bond acceptors (Lipinski definition) is 4. The number of nitrogens with zero attached hydrogens (tertiary/aromatic N) is 1. The van der Waals surface area contributed by atoms with E-state index in [-0.39, 0.29) is 29.4 Å². The lowest BCUT2D eigenvalue weighted by molar-refractivity contribution is 0.143. The van der Waals surface area contributed by atoms with Gasteiger partial charge in [-0.25, -0.2) is 17.2 Å². The number of alkyl halides is 2. The van der Waals surface area contributed by atoms with Gasteiger partial charge in [-0.15, -0.1) is 0 Å². The molecule has 0 radical (unpaired) electrons. The molecule has 2 fully saturated rings. The van der Waals surface area contributed by atoms with Crippen LogP contribution < -0.4 is 0 Å². The Kier molecular flexibility index (Phi) is 4.06. The van der Waals surface area contributed by atoms with Crippen LogP contribution in [0.15, 0.2) is 15.7 Å². The summed E-state index contributed by atoms with van der Waals surface area (Å²) in [6.07, 6.45) is -0.297. The molecule has 2 bridgehead atoms. The molecule has 1 aliphatic heterocycles. The molecule has 1 aromatic rings. The highest BCUT2D eigenvalue weighted by atomic mass is 32.2. The zero-order valence-electron chi connectivity index (χ0n) is 11.3. The summed E-state index contributed by atoms with van der Waals surface area (Å²) < 4.78 is 52.8. The molecule has 1 N–H and O–H groups in total. The van der Waals surface area contributed by atoms with Crippen LogP contribution in [0.2, 0.25) is 0 Å². The van der Waals surface area contributed by atoms with Crippen LogP contribution in [0, 0.1) is 11.8 Å². The fourth-order valence-corrected chi connectivity index (χ4v) is 6.76. The average molecular weight is 337 g/mol. The van der Waals surface area contributed by atoms with Crippen molar-refractivity contribution in [3.8, 4) is 0 Å². The molecular formula is C13H17F2NO3S2. The van der Waals surface area contributed by atoms with E-state index in [9.17, 15) is 22.3 Å². The molecule has 3 rings (SSSR count). The van der Waals surface area contributed by atoms with Gasteiger partial charge < -0.3 is 5.11 Å². The van der Waals surface area contributed by atoms with Crippen molar-refractivity contribution in [3.63, 3.8) is 0 Å². The van der Waals surface area contributed by atoms with Gasteiger partial charge in [0.05, 0.1) is 0 Å². The molecule has 8 heteroatoms. The quantitative estimate of drug-likeness (QED) is 0.918. The Morgan fingerprint density at radius 3 is 2.76 bits per heavy atom. The predicted octanol–water partition coefficient (Wildman–Crippen LogP) is 2.47. The van der Waals surface area contributed by atoms with Crippen LogP contribution in [0.25, 0.3) is 0 Å². The summed E-state index contributed by atoms with van der Waals surface area (Å²) in [7, 11) is -3.92. The summed E-state index contributed by atoms with van der Waals surface area (Å²) in [6, 6.07) is -0.260. The second-order valence-corrected chi connectivity index (χ2v) is 8.27. The SMILES string of the molecule is O=S(=O)(c1cscc1C(F)F)N1CC2CCCC1C2CO. The number of sulfonamides is 1. The number of hydrogen-bond donors (Lipinski definition) is 1. The zero-order chi connectivity index (χ0) is 15.2. The van der Waals surface area contributed by atoms with E-state index in [4.69, 9.17) is 0 Å². The van der Waals surface area contributed by atoms with E-state index in [0.29, 0.717) is 13.0 Å². The Bertz CT molecular complexity index is 617. The maximum absolute atomic E-state index is 13.0. The van der Waals surface area contributed by atoms with Crippen molar-refractivity contribution in [1.82, 2.24) is 4.31 Å². The Labute approximate surface area is 126 Å². The number of fused-ring (bicyclic) bond motifs is 2. The molecule has 0 aromatic carbocycles. The van der Waals surface area contributed by atoms with E-state index in [0.717, 1.165) is 24.2 Å². The smallest absolute Gasteiger partial charge is 0.265 e. The van der Waals surface area contributed by atoms with Gasteiger partial charge in [-0.2, -0.15) is 15.6 Å². The molecule has 0 amide bonds. The first kappa shape index (κ1) is 15.3. The van der Waals surface area contributed by atoms with Crippen LogP contribution in [-0.2, 0) is 10.0 Å². The first-order valence-corrected chi connectivity index (χ1v) is 9.32. The summed E-state index contributed by atoms with van der Waals surface area (Å²) in [5.74, 6) is 0.0688. The molecule has 1 aromatic heterocycles. The summed E-state index contributed by atoms with van der Waals surface area (Å²) >= 11 is 0.977. The maximum Gasteiger partial charge on any atom is 0.265 e. The van der Waals surface area contributed by atoms with E-state index in [2.05, 4.69) is 0 Å². The highest BCUT2D eigenvalue weighted by Gasteiger charge is 2.49. The largest absolute Gasteiger partial charge is 0.396 e. The van der Waals surface area contributed by atoms with E-state index in [1.807, 2.05) is 0 Å². The molecule has 21 heavy (non-hydrogen) atoms. The van der Waals surface area contributed by atoms with Crippen LogP contribution in [-0.4, -0.2) is 37.0 Å². The third-order valence-electron chi connectivity index (χ3n) is 4.65. The summed E-state index contributed by atoms with van der Waals surface area (Å²) in [4.78, 5) is -0.272. The molecular weight excluding hydrogens is 320 g/mol. The van der Waals surface area contributed by atoms with Gasteiger partial charge in [0, 0.05) is 41.4 Å². The lowest BCUT2D eigenvalue weighted by Gasteiger charge is -2.30. The minimum atomic E-state index is -3.92. The van der Waals surface area contributed by atoms with Crippen molar-refractivity contribution in [3.05, 3.63) is 16.3 Å². The van der Waals surface area contributed by atoms with Gasteiger partial charge in [0.15, 0.2) is 0 Å². The topological polar surface area (TPSA) is 57.6 Å². The normalized spacial score (nSPS) is 30.2. The van der Waals surface area contributed by atoms with Crippen molar-refractivity contribution in [2.75, 3.05) is 13.2 Å². The van der Waals surface area contributed by atoms with E-state index in [1.54, 1.807) is 0 Å². The maximum atomic E-state index is 13.0. The van der Waals surface area contributed by atoms with Crippen LogP contribution in [0.1, 0.15) is 31.3 Å². The van der Waals surface area contributed by atoms with E-state index < -0.39 is 22.0 Å². The van der Waals surface area contributed by atoms with Gasteiger partial charge in [0.1, 0.15) is 4.90 Å². The van der Waals surface area contributed by atoms with Gasteiger partial charge in [0.2, 0.25) is 10.0 Å². The number of thiophene rings is 1. The summed E-state index contributed by atoms with van der Waals surface area (Å²) in [5.41, 5.74) is -0.415. The molecule has 3 unspecified atom stereocenters. The van der Waals surface area contributed by atoms with Crippen LogP contribution >= 0.6 is 11.3 Å². The van der Waals surface area contributed by atoms with Gasteiger partial charge in [-0.05, 0) is 18.8 Å². The van der Waals surface area contributed by atoms with Gasteiger partial charge in [0.25, 0.3) is 6.43 Å². The highest BCUT2D eigenvalue weighted by Crippen LogP contribution is 2.44. The predicted molar refractivity (Wildman–Crippen MR) is 74.9 cm³/mol. The Morgan fingerprint density at radius 2 is 2.14 bits per heavy atom. The second-order valence-electron chi connectivity index (χ2n) is 5.67. The third kappa shape index (κ3) is 2.42. The lowest BCUT2D eigenvalue weighted by Crippen LogP contribution is -2.39. The minimum absolute atomic E-state index is 0.0489. The first-order valence-electron chi connectivity index (χ1n) is 6.93.